The van der Waals surface area contributed by atoms with Gasteiger partial charge in [-0.1, -0.05) is 78.5 Å². The summed E-state index contributed by atoms with van der Waals surface area (Å²) in [7, 11) is 4.11. The molecule has 0 atom stereocenters. The van der Waals surface area contributed by atoms with Crippen molar-refractivity contribution in [2.24, 2.45) is 5.92 Å². The smallest absolute Gasteiger partial charge is 0.230 e. The fraction of sp³-hybridized carbons (Fsp3) is 0.367. The van der Waals surface area contributed by atoms with Crippen molar-refractivity contribution in [2.75, 3.05) is 23.9 Å². The average molecular weight is 520 g/mol. The van der Waals surface area contributed by atoms with Crippen molar-refractivity contribution in [1.29, 1.82) is 0 Å². The Bertz CT molecular complexity index is 1100. The Balaban J connectivity index is 1.59. The van der Waals surface area contributed by atoms with Gasteiger partial charge in [0.2, 0.25) is 5.91 Å². The molecule has 0 saturated heterocycles. The van der Waals surface area contributed by atoms with Crippen LogP contribution < -0.4 is 9.80 Å². The average Bonchev–Trinajstić information content (AvgIpc) is 2.87. The lowest BCUT2D eigenvalue weighted by Gasteiger charge is -2.30. The number of carbonyl (C=O) groups is 1. The van der Waals surface area contributed by atoms with E-state index in [1.807, 2.05) is 4.90 Å². The van der Waals surface area contributed by atoms with Gasteiger partial charge in [0.05, 0.1) is 6.54 Å². The van der Waals surface area contributed by atoms with E-state index in [9.17, 15) is 4.79 Å². The van der Waals surface area contributed by atoms with Crippen molar-refractivity contribution in [3.8, 4) is 11.1 Å². The van der Waals surface area contributed by atoms with E-state index in [4.69, 9.17) is 0 Å². The van der Waals surface area contributed by atoms with Crippen LogP contribution in [0.2, 0.25) is 0 Å². The summed E-state index contributed by atoms with van der Waals surface area (Å²) in [6.45, 7) is 2.75. The molecule has 1 amide bonds. The van der Waals surface area contributed by atoms with Gasteiger partial charge in [0.25, 0.3) is 0 Å². The number of benzene rings is 3. The molecule has 0 radical (unpaired) electrons. The molecule has 0 N–H and O–H groups in total. The van der Waals surface area contributed by atoms with Gasteiger partial charge in [-0.25, -0.2) is 0 Å². The molecule has 0 heterocycles. The van der Waals surface area contributed by atoms with Crippen molar-refractivity contribution < 1.29 is 4.79 Å². The van der Waals surface area contributed by atoms with E-state index in [1.165, 1.54) is 28.8 Å². The highest BCUT2D eigenvalue weighted by Crippen LogP contribution is 2.31. The number of hydrogen-bond donors (Lipinski definition) is 0. The van der Waals surface area contributed by atoms with Gasteiger partial charge in [0.1, 0.15) is 0 Å². The molecule has 1 fully saturated rings. The molecular formula is C30H35BrN2O. The first kappa shape index (κ1) is 24.5. The third-order valence-electron chi connectivity index (χ3n) is 6.89. The van der Waals surface area contributed by atoms with Crippen molar-refractivity contribution in [2.45, 2.75) is 52.0 Å². The summed E-state index contributed by atoms with van der Waals surface area (Å²) in [6, 6.07) is 23.7. The molecular weight excluding hydrogens is 484 g/mol. The summed E-state index contributed by atoms with van der Waals surface area (Å²) in [5.41, 5.74) is 6.96. The summed E-state index contributed by atoms with van der Waals surface area (Å²) < 4.78 is 1.03. The van der Waals surface area contributed by atoms with E-state index in [1.54, 1.807) is 0 Å². The molecule has 0 unspecified atom stereocenters. The zero-order valence-corrected chi connectivity index (χ0v) is 22.1. The van der Waals surface area contributed by atoms with Crippen LogP contribution in [0.1, 0.15) is 50.2 Å². The van der Waals surface area contributed by atoms with Crippen LogP contribution in [0.25, 0.3) is 11.1 Å². The lowest BCUT2D eigenvalue weighted by atomic mass is 9.88. The molecule has 34 heavy (non-hydrogen) atoms. The molecule has 1 aliphatic carbocycles. The second-order valence-corrected chi connectivity index (χ2v) is 10.5. The third kappa shape index (κ3) is 5.90. The van der Waals surface area contributed by atoms with Gasteiger partial charge in [-0.3, -0.25) is 4.79 Å². The molecule has 3 aromatic carbocycles. The molecule has 1 aliphatic rings. The van der Waals surface area contributed by atoms with E-state index in [-0.39, 0.29) is 11.8 Å². The monoisotopic (exact) mass is 518 g/mol. The predicted molar refractivity (Wildman–Crippen MR) is 147 cm³/mol. The standard InChI is InChI=1S/C30H35BrN2O/c1-4-22-18-27(31)20-29(19-22)33(30(34)26-8-6-5-7-9-26)21-23-10-12-24(13-11-23)25-14-16-28(17-15-25)32(2)3/h10-20,26H,4-9,21H2,1-3H3. The van der Waals surface area contributed by atoms with Crippen LogP contribution >= 0.6 is 15.9 Å². The normalized spacial score (nSPS) is 14.1. The number of aryl methyl sites for hydroxylation is 1. The molecule has 1 saturated carbocycles. The minimum Gasteiger partial charge on any atom is -0.378 e. The Morgan fingerprint density at radius 1 is 0.824 bits per heavy atom. The molecule has 178 valence electrons. The first-order valence-corrected chi connectivity index (χ1v) is 13.2. The van der Waals surface area contributed by atoms with Crippen LogP contribution in [0.3, 0.4) is 0 Å². The Morgan fingerprint density at radius 2 is 1.44 bits per heavy atom. The summed E-state index contributed by atoms with van der Waals surface area (Å²) in [6.07, 6.45) is 6.52. The molecule has 4 heteroatoms. The van der Waals surface area contributed by atoms with Gasteiger partial charge in [0.15, 0.2) is 0 Å². The zero-order valence-electron chi connectivity index (χ0n) is 20.6. The van der Waals surface area contributed by atoms with Crippen LogP contribution in [0.15, 0.2) is 71.2 Å². The number of amides is 1. The van der Waals surface area contributed by atoms with Gasteiger partial charge < -0.3 is 9.80 Å². The van der Waals surface area contributed by atoms with Crippen LogP contribution in [0.4, 0.5) is 11.4 Å². The largest absolute Gasteiger partial charge is 0.378 e. The molecule has 0 aliphatic heterocycles. The van der Waals surface area contributed by atoms with Gasteiger partial charge in [-0.05, 0) is 71.8 Å². The maximum atomic E-state index is 13.7. The van der Waals surface area contributed by atoms with E-state index in [0.717, 1.165) is 47.8 Å². The minimum absolute atomic E-state index is 0.132. The van der Waals surface area contributed by atoms with E-state index >= 15 is 0 Å². The van der Waals surface area contributed by atoms with Crippen LogP contribution in [0, 0.1) is 5.92 Å². The zero-order chi connectivity index (χ0) is 24.1. The maximum Gasteiger partial charge on any atom is 0.230 e. The van der Waals surface area contributed by atoms with Gasteiger partial charge in [0, 0.05) is 35.9 Å². The second kappa shape index (κ2) is 11.2. The summed E-state index contributed by atoms with van der Waals surface area (Å²) in [5, 5.41) is 0. The van der Waals surface area contributed by atoms with Crippen LogP contribution in [0.5, 0.6) is 0 Å². The number of hydrogen-bond acceptors (Lipinski definition) is 2. The quantitative estimate of drug-likeness (QED) is 0.317. The van der Waals surface area contributed by atoms with Gasteiger partial charge in [-0.15, -0.1) is 0 Å². The molecule has 0 aromatic heterocycles. The fourth-order valence-corrected chi connectivity index (χ4v) is 5.33. The fourth-order valence-electron chi connectivity index (χ4n) is 4.80. The highest BCUT2D eigenvalue weighted by molar-refractivity contribution is 9.10. The van der Waals surface area contributed by atoms with Gasteiger partial charge in [-0.2, -0.15) is 0 Å². The Morgan fingerprint density at radius 3 is 2.03 bits per heavy atom. The maximum absolute atomic E-state index is 13.7. The molecule has 4 rings (SSSR count). The summed E-state index contributed by atoms with van der Waals surface area (Å²) in [5.74, 6) is 0.399. The number of halogens is 1. The minimum atomic E-state index is 0.132. The van der Waals surface area contributed by atoms with Crippen molar-refractivity contribution in [3.63, 3.8) is 0 Å². The number of anilines is 2. The van der Waals surface area contributed by atoms with E-state index in [2.05, 4.69) is 109 Å². The Labute approximate surface area is 212 Å². The van der Waals surface area contributed by atoms with Crippen molar-refractivity contribution in [3.05, 3.63) is 82.3 Å². The first-order chi connectivity index (χ1) is 16.4. The highest BCUT2D eigenvalue weighted by atomic mass is 79.9. The topological polar surface area (TPSA) is 23.6 Å². The van der Waals surface area contributed by atoms with Crippen molar-refractivity contribution >= 4 is 33.2 Å². The SMILES string of the molecule is CCc1cc(Br)cc(N(Cc2ccc(-c3ccc(N(C)C)cc3)cc2)C(=O)C2CCCCC2)c1. The van der Waals surface area contributed by atoms with Gasteiger partial charge >= 0.3 is 0 Å². The summed E-state index contributed by atoms with van der Waals surface area (Å²) >= 11 is 3.66. The van der Waals surface area contributed by atoms with Crippen LogP contribution in [-0.4, -0.2) is 20.0 Å². The first-order valence-electron chi connectivity index (χ1n) is 12.4. The molecule has 3 aromatic rings. The lowest BCUT2D eigenvalue weighted by Crippen LogP contribution is -2.36. The van der Waals surface area contributed by atoms with E-state index < -0.39 is 0 Å². The Kier molecular flexibility index (Phi) is 8.10. The molecule has 0 spiro atoms. The number of nitrogens with zero attached hydrogens (tertiary/aromatic N) is 2. The number of carbonyl (C=O) groups excluding carboxylic acids is 1. The lowest BCUT2D eigenvalue weighted by molar-refractivity contribution is -0.123. The third-order valence-corrected chi connectivity index (χ3v) is 7.35. The highest BCUT2D eigenvalue weighted by Gasteiger charge is 2.27. The predicted octanol–water partition coefficient (Wildman–Crippen LogP) is 7.86. The summed E-state index contributed by atoms with van der Waals surface area (Å²) in [4.78, 5) is 17.8. The molecule has 3 nitrogen and oxygen atoms in total. The van der Waals surface area contributed by atoms with Crippen LogP contribution in [-0.2, 0) is 17.8 Å². The van der Waals surface area contributed by atoms with E-state index in [0.29, 0.717) is 6.54 Å². The van der Waals surface area contributed by atoms with Crippen molar-refractivity contribution in [1.82, 2.24) is 0 Å². The molecule has 0 bridgehead atoms. The second-order valence-electron chi connectivity index (χ2n) is 9.57. The number of rotatable bonds is 7. The Hall–Kier alpha value is -2.59.